The number of rotatable bonds is 6. The molecule has 1 atom stereocenters. The molecule has 0 saturated carbocycles. The van der Waals surface area contributed by atoms with Gasteiger partial charge in [-0.15, -0.1) is 0 Å². The average molecular weight is 301 g/mol. The van der Waals surface area contributed by atoms with E-state index in [1.807, 2.05) is 6.92 Å². The molecule has 0 bridgehead atoms. The molecule has 6 nitrogen and oxygen atoms in total. The van der Waals surface area contributed by atoms with E-state index in [4.69, 9.17) is 4.52 Å². The van der Waals surface area contributed by atoms with Crippen molar-refractivity contribution in [3.63, 3.8) is 0 Å². The molecule has 0 spiro atoms. The summed E-state index contributed by atoms with van der Waals surface area (Å²) in [5.74, 6) is 0.539. The zero-order valence-electron chi connectivity index (χ0n) is 12.1. The number of nitrogens with one attached hydrogen (secondary N) is 1. The van der Waals surface area contributed by atoms with Crippen molar-refractivity contribution < 1.29 is 12.9 Å². The van der Waals surface area contributed by atoms with E-state index >= 15 is 0 Å². The van der Waals surface area contributed by atoms with Crippen molar-refractivity contribution in [1.29, 1.82) is 0 Å². The third-order valence-corrected chi connectivity index (χ3v) is 5.44. The highest BCUT2D eigenvalue weighted by atomic mass is 32.2. The van der Waals surface area contributed by atoms with Crippen LogP contribution in [0, 0.1) is 6.92 Å². The maximum atomic E-state index is 12.4. The van der Waals surface area contributed by atoms with E-state index in [1.165, 1.54) is 6.42 Å². The molecule has 1 aliphatic rings. The minimum atomic E-state index is -3.34. The van der Waals surface area contributed by atoms with E-state index in [1.54, 1.807) is 17.3 Å². The van der Waals surface area contributed by atoms with Crippen LogP contribution in [0.4, 0.5) is 0 Å². The van der Waals surface area contributed by atoms with E-state index < -0.39 is 10.0 Å². The molecule has 7 heteroatoms. The first-order chi connectivity index (χ1) is 9.51. The topological polar surface area (TPSA) is 75.4 Å². The minimum absolute atomic E-state index is 0.0924. The Morgan fingerprint density at radius 1 is 1.50 bits per heavy atom. The minimum Gasteiger partial charge on any atom is -0.361 e. The maximum absolute atomic E-state index is 12.4. The summed E-state index contributed by atoms with van der Waals surface area (Å²) >= 11 is 0. The summed E-state index contributed by atoms with van der Waals surface area (Å²) in [6, 6.07) is 1.93. The fourth-order valence-corrected chi connectivity index (χ4v) is 4.02. The van der Waals surface area contributed by atoms with Gasteiger partial charge in [-0.2, -0.15) is 0 Å². The van der Waals surface area contributed by atoms with Gasteiger partial charge in [0, 0.05) is 25.2 Å². The molecule has 1 aliphatic heterocycles. The van der Waals surface area contributed by atoms with Crippen LogP contribution in [-0.4, -0.2) is 43.6 Å². The molecule has 20 heavy (non-hydrogen) atoms. The number of hydrogen-bond acceptors (Lipinski definition) is 5. The van der Waals surface area contributed by atoms with Crippen LogP contribution in [0.1, 0.15) is 37.6 Å². The molecule has 1 unspecified atom stereocenters. The molecule has 1 aromatic heterocycles. The standard InChI is InChI=1S/C13H23N3O3S/c1-3-16(9-12-6-4-5-7-14-12)20(17,18)10-13-8-11(2)19-15-13/h8,12,14H,3-7,9-10H2,1-2H3. The van der Waals surface area contributed by atoms with Gasteiger partial charge in [0.15, 0.2) is 0 Å². The van der Waals surface area contributed by atoms with E-state index in [-0.39, 0.29) is 11.8 Å². The van der Waals surface area contributed by atoms with Crippen LogP contribution in [0.15, 0.2) is 10.6 Å². The van der Waals surface area contributed by atoms with Gasteiger partial charge in [-0.1, -0.05) is 18.5 Å². The largest absolute Gasteiger partial charge is 0.361 e. The summed E-state index contributed by atoms with van der Waals surface area (Å²) in [6.45, 7) is 5.62. The van der Waals surface area contributed by atoms with Crippen molar-refractivity contribution in [2.75, 3.05) is 19.6 Å². The van der Waals surface area contributed by atoms with Crippen molar-refractivity contribution in [1.82, 2.24) is 14.8 Å². The van der Waals surface area contributed by atoms with Gasteiger partial charge >= 0.3 is 0 Å². The van der Waals surface area contributed by atoms with Crippen molar-refractivity contribution in [2.45, 2.75) is 44.9 Å². The number of aromatic nitrogens is 1. The van der Waals surface area contributed by atoms with E-state index in [2.05, 4.69) is 10.5 Å². The van der Waals surface area contributed by atoms with Gasteiger partial charge in [0.05, 0.1) is 0 Å². The van der Waals surface area contributed by atoms with Crippen molar-refractivity contribution >= 4 is 10.0 Å². The predicted molar refractivity (Wildman–Crippen MR) is 76.8 cm³/mol. The summed E-state index contributed by atoms with van der Waals surface area (Å²) in [7, 11) is -3.34. The molecule has 1 fully saturated rings. The highest BCUT2D eigenvalue weighted by Gasteiger charge is 2.26. The monoisotopic (exact) mass is 301 g/mol. The molecule has 0 amide bonds. The first-order valence-corrected chi connectivity index (χ1v) is 8.75. The van der Waals surface area contributed by atoms with Gasteiger partial charge in [0.2, 0.25) is 10.0 Å². The molecule has 1 saturated heterocycles. The van der Waals surface area contributed by atoms with Crippen LogP contribution >= 0.6 is 0 Å². The van der Waals surface area contributed by atoms with Gasteiger partial charge in [0.1, 0.15) is 17.2 Å². The Kier molecular flexibility index (Phi) is 5.17. The molecular weight excluding hydrogens is 278 g/mol. The van der Waals surface area contributed by atoms with Crippen molar-refractivity contribution in [2.24, 2.45) is 0 Å². The lowest BCUT2D eigenvalue weighted by Crippen LogP contribution is -2.45. The molecule has 0 aromatic carbocycles. The first-order valence-electron chi connectivity index (χ1n) is 7.14. The Hall–Kier alpha value is -0.920. The Bertz CT molecular complexity index is 521. The van der Waals surface area contributed by atoms with Gasteiger partial charge < -0.3 is 9.84 Å². The predicted octanol–water partition coefficient (Wildman–Crippen LogP) is 1.28. The average Bonchev–Trinajstić information content (AvgIpc) is 2.81. The van der Waals surface area contributed by atoms with Crippen LogP contribution in [-0.2, 0) is 15.8 Å². The molecule has 1 N–H and O–H groups in total. The summed E-state index contributed by atoms with van der Waals surface area (Å²) in [4.78, 5) is 0. The quantitative estimate of drug-likeness (QED) is 0.856. The lowest BCUT2D eigenvalue weighted by Gasteiger charge is -2.29. The second-order valence-corrected chi connectivity index (χ2v) is 7.25. The molecule has 1 aromatic rings. The number of aryl methyl sites for hydroxylation is 1. The van der Waals surface area contributed by atoms with Gasteiger partial charge in [-0.3, -0.25) is 0 Å². The summed E-state index contributed by atoms with van der Waals surface area (Å²) in [5, 5.41) is 7.15. The Labute approximate surface area is 120 Å². The molecule has 0 radical (unpaired) electrons. The second-order valence-electron chi connectivity index (χ2n) is 5.28. The van der Waals surface area contributed by atoms with E-state index in [9.17, 15) is 8.42 Å². The van der Waals surface area contributed by atoms with Crippen molar-refractivity contribution in [3.05, 3.63) is 17.5 Å². The Balaban J connectivity index is 2.00. The number of sulfonamides is 1. The highest BCUT2D eigenvalue weighted by molar-refractivity contribution is 7.88. The van der Waals surface area contributed by atoms with E-state index in [0.29, 0.717) is 24.5 Å². The fraction of sp³-hybridized carbons (Fsp3) is 0.769. The zero-order valence-corrected chi connectivity index (χ0v) is 12.9. The fourth-order valence-electron chi connectivity index (χ4n) is 2.53. The molecule has 2 heterocycles. The van der Waals surface area contributed by atoms with Crippen LogP contribution in [0.25, 0.3) is 0 Å². The Morgan fingerprint density at radius 3 is 2.85 bits per heavy atom. The number of piperidine rings is 1. The van der Waals surface area contributed by atoms with Crippen molar-refractivity contribution in [3.8, 4) is 0 Å². The molecule has 114 valence electrons. The highest BCUT2D eigenvalue weighted by Crippen LogP contribution is 2.14. The number of nitrogens with zero attached hydrogens (tertiary/aromatic N) is 2. The van der Waals surface area contributed by atoms with Gasteiger partial charge in [-0.25, -0.2) is 12.7 Å². The summed E-state index contributed by atoms with van der Waals surface area (Å²) in [6.07, 6.45) is 3.38. The lowest BCUT2D eigenvalue weighted by molar-refractivity contribution is 0.319. The summed E-state index contributed by atoms with van der Waals surface area (Å²) in [5.41, 5.74) is 0.470. The van der Waals surface area contributed by atoms with Gasteiger partial charge in [0.25, 0.3) is 0 Å². The van der Waals surface area contributed by atoms with Crippen LogP contribution in [0.2, 0.25) is 0 Å². The third-order valence-electron chi connectivity index (χ3n) is 3.59. The maximum Gasteiger partial charge on any atom is 0.220 e. The summed E-state index contributed by atoms with van der Waals surface area (Å²) < 4.78 is 31.3. The molecule has 2 rings (SSSR count). The lowest BCUT2D eigenvalue weighted by atomic mass is 10.1. The number of hydrogen-bond donors (Lipinski definition) is 1. The normalized spacial score (nSPS) is 20.4. The van der Waals surface area contributed by atoms with Crippen LogP contribution in [0.5, 0.6) is 0 Å². The SMILES string of the molecule is CCN(CC1CCCCN1)S(=O)(=O)Cc1cc(C)on1. The van der Waals surface area contributed by atoms with Crippen LogP contribution in [0.3, 0.4) is 0 Å². The van der Waals surface area contributed by atoms with E-state index in [0.717, 1.165) is 19.4 Å². The van der Waals surface area contributed by atoms with Gasteiger partial charge in [-0.05, 0) is 26.3 Å². The second kappa shape index (κ2) is 6.69. The van der Waals surface area contributed by atoms with Crippen LogP contribution < -0.4 is 5.32 Å². The smallest absolute Gasteiger partial charge is 0.220 e. The first kappa shape index (κ1) is 15.5. The number of likely N-dealkylation sites (N-methyl/N-ethyl adjacent to an activating group) is 1. The molecular formula is C13H23N3O3S. The Morgan fingerprint density at radius 2 is 2.30 bits per heavy atom. The zero-order chi connectivity index (χ0) is 14.6. The third kappa shape index (κ3) is 4.04. The molecule has 0 aliphatic carbocycles.